The largest absolute Gasteiger partial charge is 0.332 e. The van der Waals surface area contributed by atoms with E-state index in [9.17, 15) is 14.0 Å². The van der Waals surface area contributed by atoms with E-state index in [0.717, 1.165) is 48.2 Å². The molecule has 0 radical (unpaired) electrons. The second-order valence-electron chi connectivity index (χ2n) is 10.1. The van der Waals surface area contributed by atoms with Crippen LogP contribution in [0.25, 0.3) is 0 Å². The van der Waals surface area contributed by atoms with Crippen LogP contribution in [0.15, 0.2) is 66.0 Å². The van der Waals surface area contributed by atoms with Crippen molar-refractivity contribution in [2.45, 2.75) is 71.0 Å². The molecule has 3 aromatic rings. The highest BCUT2D eigenvalue weighted by atomic mass is 32.1. The van der Waals surface area contributed by atoms with Crippen molar-refractivity contribution in [3.8, 4) is 0 Å². The minimum absolute atomic E-state index is 0.00709. The number of carbonyl (C=O) groups excluding carboxylic acids is 2. The fraction of sp³-hybridized carbons (Fsp3) is 0.400. The highest BCUT2D eigenvalue weighted by molar-refractivity contribution is 7.09. The number of halogens is 1. The van der Waals surface area contributed by atoms with E-state index in [1.165, 1.54) is 17.7 Å². The zero-order valence-electron chi connectivity index (χ0n) is 21.7. The number of thiophene rings is 1. The summed E-state index contributed by atoms with van der Waals surface area (Å²) < 4.78 is 13.5. The lowest BCUT2D eigenvalue weighted by molar-refractivity contribution is -0.133. The molecule has 2 aromatic carbocycles. The SMILES string of the molecule is CC(C)c1ccc(NC(=O)N(CC(=O)N(Cc2ccc(F)cc2)Cc2cccs2)C2CCCCC2)cc1. The van der Waals surface area contributed by atoms with E-state index in [2.05, 4.69) is 19.2 Å². The lowest BCUT2D eigenvalue weighted by atomic mass is 9.94. The van der Waals surface area contributed by atoms with E-state index in [1.54, 1.807) is 33.3 Å². The third-order valence-corrected chi connectivity index (χ3v) is 7.84. The molecule has 1 aliphatic rings. The van der Waals surface area contributed by atoms with E-state index < -0.39 is 0 Å². The van der Waals surface area contributed by atoms with Crippen LogP contribution in [0.1, 0.15) is 67.9 Å². The molecule has 7 heteroatoms. The molecule has 0 atom stereocenters. The molecule has 1 saturated carbocycles. The molecular formula is C30H36FN3O2S. The summed E-state index contributed by atoms with van der Waals surface area (Å²) in [5, 5.41) is 5.02. The van der Waals surface area contributed by atoms with Crippen molar-refractivity contribution in [2.24, 2.45) is 0 Å². The number of rotatable bonds is 9. The van der Waals surface area contributed by atoms with E-state index in [-0.39, 0.29) is 30.3 Å². The topological polar surface area (TPSA) is 52.7 Å². The lowest BCUT2D eigenvalue weighted by Crippen LogP contribution is -2.49. The summed E-state index contributed by atoms with van der Waals surface area (Å²) in [6.45, 7) is 5.08. The maximum Gasteiger partial charge on any atom is 0.322 e. The van der Waals surface area contributed by atoms with Crippen molar-refractivity contribution in [2.75, 3.05) is 11.9 Å². The molecule has 1 fully saturated rings. The molecule has 5 nitrogen and oxygen atoms in total. The Morgan fingerprint density at radius 1 is 0.973 bits per heavy atom. The van der Waals surface area contributed by atoms with Gasteiger partial charge in [0.2, 0.25) is 5.91 Å². The Morgan fingerprint density at radius 3 is 2.30 bits per heavy atom. The minimum Gasteiger partial charge on any atom is -0.332 e. The molecule has 1 aliphatic carbocycles. The van der Waals surface area contributed by atoms with E-state index in [4.69, 9.17) is 0 Å². The Hall–Kier alpha value is -3.19. The number of anilines is 1. The molecule has 196 valence electrons. The third-order valence-electron chi connectivity index (χ3n) is 6.98. The predicted molar refractivity (Wildman–Crippen MR) is 148 cm³/mol. The Bertz CT molecular complexity index is 1140. The molecule has 0 bridgehead atoms. The van der Waals surface area contributed by atoms with Gasteiger partial charge in [0.25, 0.3) is 0 Å². The monoisotopic (exact) mass is 521 g/mol. The fourth-order valence-electron chi connectivity index (χ4n) is 4.78. The first kappa shape index (κ1) is 26.9. The van der Waals surface area contributed by atoms with Gasteiger partial charge in [0, 0.05) is 23.2 Å². The molecule has 0 aliphatic heterocycles. The average molecular weight is 522 g/mol. The quantitative estimate of drug-likeness (QED) is 0.319. The zero-order chi connectivity index (χ0) is 26.2. The van der Waals surface area contributed by atoms with Crippen molar-refractivity contribution < 1.29 is 14.0 Å². The summed E-state index contributed by atoms with van der Waals surface area (Å²) in [4.78, 5) is 31.8. The van der Waals surface area contributed by atoms with Gasteiger partial charge < -0.3 is 15.1 Å². The first-order chi connectivity index (χ1) is 17.9. The second-order valence-corrected chi connectivity index (χ2v) is 11.1. The van der Waals surface area contributed by atoms with Gasteiger partial charge in [-0.1, -0.05) is 63.4 Å². The van der Waals surface area contributed by atoms with Crippen LogP contribution in [0.3, 0.4) is 0 Å². The number of benzene rings is 2. The summed E-state index contributed by atoms with van der Waals surface area (Å²) in [6, 6.07) is 17.9. The number of amides is 3. The van der Waals surface area contributed by atoms with Crippen LogP contribution in [0, 0.1) is 5.82 Å². The molecule has 1 N–H and O–H groups in total. The first-order valence-corrected chi connectivity index (χ1v) is 14.0. The van der Waals surface area contributed by atoms with Gasteiger partial charge in [-0.25, -0.2) is 9.18 Å². The average Bonchev–Trinajstić information content (AvgIpc) is 3.42. The van der Waals surface area contributed by atoms with Crippen LogP contribution in [0.5, 0.6) is 0 Å². The molecule has 3 amide bonds. The van der Waals surface area contributed by atoms with Gasteiger partial charge in [-0.05, 0) is 65.6 Å². The van der Waals surface area contributed by atoms with E-state index >= 15 is 0 Å². The smallest absolute Gasteiger partial charge is 0.322 e. The number of hydrogen-bond acceptors (Lipinski definition) is 3. The van der Waals surface area contributed by atoms with Crippen molar-refractivity contribution >= 4 is 29.0 Å². The lowest BCUT2D eigenvalue weighted by Gasteiger charge is -2.35. The molecule has 0 spiro atoms. The highest BCUT2D eigenvalue weighted by Gasteiger charge is 2.29. The first-order valence-electron chi connectivity index (χ1n) is 13.1. The van der Waals surface area contributed by atoms with Gasteiger partial charge in [-0.15, -0.1) is 11.3 Å². The van der Waals surface area contributed by atoms with Crippen molar-refractivity contribution in [1.29, 1.82) is 0 Å². The number of nitrogens with zero attached hydrogens (tertiary/aromatic N) is 2. The van der Waals surface area contributed by atoms with Crippen LogP contribution in [-0.4, -0.2) is 34.3 Å². The number of urea groups is 1. The molecule has 4 rings (SSSR count). The van der Waals surface area contributed by atoms with Gasteiger partial charge in [0.05, 0.1) is 6.54 Å². The van der Waals surface area contributed by atoms with Crippen LogP contribution in [0.2, 0.25) is 0 Å². The summed E-state index contributed by atoms with van der Waals surface area (Å²) in [5.74, 6) is -0.00777. The molecule has 1 aromatic heterocycles. The van der Waals surface area contributed by atoms with Gasteiger partial charge in [-0.2, -0.15) is 0 Å². The molecule has 37 heavy (non-hydrogen) atoms. The summed E-state index contributed by atoms with van der Waals surface area (Å²) >= 11 is 1.59. The zero-order valence-corrected chi connectivity index (χ0v) is 22.5. The highest BCUT2D eigenvalue weighted by Crippen LogP contribution is 2.25. The predicted octanol–water partition coefficient (Wildman–Crippen LogP) is 7.41. The molecule has 1 heterocycles. The Morgan fingerprint density at radius 2 is 1.68 bits per heavy atom. The second kappa shape index (κ2) is 12.9. The van der Waals surface area contributed by atoms with E-state index in [0.29, 0.717) is 19.0 Å². The maximum absolute atomic E-state index is 13.7. The third kappa shape index (κ3) is 7.65. The normalized spacial score (nSPS) is 13.9. The summed E-state index contributed by atoms with van der Waals surface area (Å²) in [6.07, 6.45) is 5.07. The Labute approximate surface area is 223 Å². The van der Waals surface area contributed by atoms with Crippen molar-refractivity contribution in [1.82, 2.24) is 9.80 Å². The Kier molecular flexibility index (Phi) is 9.34. The summed E-state index contributed by atoms with van der Waals surface area (Å²) in [7, 11) is 0. The maximum atomic E-state index is 13.7. The van der Waals surface area contributed by atoms with Gasteiger partial charge in [0.1, 0.15) is 12.4 Å². The fourth-order valence-corrected chi connectivity index (χ4v) is 5.50. The number of hydrogen-bond donors (Lipinski definition) is 1. The molecule has 0 unspecified atom stereocenters. The molecular weight excluding hydrogens is 485 g/mol. The van der Waals surface area contributed by atoms with Crippen LogP contribution < -0.4 is 5.32 Å². The van der Waals surface area contributed by atoms with Crippen molar-refractivity contribution in [3.05, 3.63) is 87.9 Å². The standard InChI is InChI=1S/C30H36FN3O2S/c1-22(2)24-12-16-26(17-13-24)32-30(36)34(27-7-4-3-5-8-27)21-29(35)33(20-28-9-6-18-37-28)19-23-10-14-25(31)15-11-23/h6,9-18,22,27H,3-5,7-8,19-21H2,1-2H3,(H,32,36). The van der Waals surface area contributed by atoms with Crippen LogP contribution in [0.4, 0.5) is 14.9 Å². The van der Waals surface area contributed by atoms with Crippen molar-refractivity contribution in [3.63, 3.8) is 0 Å². The Balaban J connectivity index is 1.52. The summed E-state index contributed by atoms with van der Waals surface area (Å²) in [5.41, 5.74) is 2.79. The van der Waals surface area contributed by atoms with Gasteiger partial charge in [0.15, 0.2) is 0 Å². The van der Waals surface area contributed by atoms with Crippen LogP contribution in [-0.2, 0) is 17.9 Å². The molecule has 0 saturated heterocycles. The van der Waals surface area contributed by atoms with Gasteiger partial charge in [-0.3, -0.25) is 4.79 Å². The van der Waals surface area contributed by atoms with E-state index in [1.807, 2.05) is 41.8 Å². The number of carbonyl (C=O) groups is 2. The van der Waals surface area contributed by atoms with Gasteiger partial charge >= 0.3 is 6.03 Å². The van der Waals surface area contributed by atoms with Crippen LogP contribution >= 0.6 is 11.3 Å². The number of nitrogens with one attached hydrogen (secondary N) is 1. The minimum atomic E-state index is -0.304.